The molecule has 3 nitrogen and oxygen atoms in total. The van der Waals surface area contributed by atoms with E-state index in [2.05, 4.69) is 39.1 Å². The van der Waals surface area contributed by atoms with Crippen LogP contribution in [-0.2, 0) is 0 Å². The lowest BCUT2D eigenvalue weighted by molar-refractivity contribution is 0.135. The minimum atomic E-state index is -0.551. The Labute approximate surface area is 116 Å². The first-order chi connectivity index (χ1) is 8.69. The fourth-order valence-electron chi connectivity index (χ4n) is 2.28. The molecule has 3 N–H and O–H groups in total. The zero-order valence-electron chi connectivity index (χ0n) is 13.0. The molecule has 0 aliphatic heterocycles. The number of β-amino-alcohol motifs (C(OH)–C–C–N with tert-alkyl or cyclic N) is 1. The summed E-state index contributed by atoms with van der Waals surface area (Å²) in [7, 11) is 0. The van der Waals surface area contributed by atoms with Gasteiger partial charge in [-0.25, -0.2) is 0 Å². The van der Waals surface area contributed by atoms with E-state index in [4.69, 9.17) is 0 Å². The Morgan fingerprint density at radius 3 is 2.00 bits per heavy atom. The summed E-state index contributed by atoms with van der Waals surface area (Å²) in [6, 6.07) is 2.16. The van der Waals surface area contributed by atoms with Crippen LogP contribution < -0.4 is 5.32 Å². The molecule has 0 aliphatic carbocycles. The highest BCUT2D eigenvalue weighted by Crippen LogP contribution is 2.27. The third-order valence-electron chi connectivity index (χ3n) is 3.93. The average Bonchev–Trinajstić information content (AvgIpc) is 2.34. The van der Waals surface area contributed by atoms with E-state index >= 15 is 0 Å². The Balaban J connectivity index is 2.97. The van der Waals surface area contributed by atoms with Crippen LogP contribution >= 0.6 is 0 Å². The molecule has 1 atom stereocenters. The maximum atomic E-state index is 10.4. The van der Waals surface area contributed by atoms with Crippen LogP contribution in [0.5, 0.6) is 0 Å². The van der Waals surface area contributed by atoms with Gasteiger partial charge in [0.2, 0.25) is 0 Å². The van der Waals surface area contributed by atoms with Crippen LogP contribution in [0.25, 0.3) is 0 Å². The van der Waals surface area contributed by atoms with E-state index in [0.29, 0.717) is 6.54 Å². The largest absolute Gasteiger partial charge is 0.394 e. The number of benzene rings is 1. The normalized spacial score (nSPS) is 13.7. The van der Waals surface area contributed by atoms with Crippen molar-refractivity contribution in [3.05, 3.63) is 33.9 Å². The number of aryl methyl sites for hydroxylation is 2. The third kappa shape index (κ3) is 3.78. The summed E-state index contributed by atoms with van der Waals surface area (Å²) < 4.78 is 0. The van der Waals surface area contributed by atoms with Gasteiger partial charge < -0.3 is 15.5 Å². The zero-order chi connectivity index (χ0) is 14.8. The number of hydrogen-bond acceptors (Lipinski definition) is 3. The number of hydrogen-bond donors (Lipinski definition) is 3. The maximum absolute atomic E-state index is 10.4. The summed E-state index contributed by atoms with van der Waals surface area (Å²) in [5.74, 6) is 0. The van der Waals surface area contributed by atoms with Crippen molar-refractivity contribution in [2.24, 2.45) is 0 Å². The van der Waals surface area contributed by atoms with Gasteiger partial charge in [-0.2, -0.15) is 0 Å². The molecule has 1 aromatic rings. The van der Waals surface area contributed by atoms with Gasteiger partial charge in [0.05, 0.1) is 12.7 Å². The Morgan fingerprint density at radius 2 is 1.58 bits per heavy atom. The molecule has 1 aromatic carbocycles. The first kappa shape index (κ1) is 16.2. The molecule has 3 heteroatoms. The molecule has 0 bridgehead atoms. The molecule has 0 saturated carbocycles. The second-order valence-electron chi connectivity index (χ2n) is 6.11. The fraction of sp³-hybridized carbons (Fsp3) is 0.625. The minimum absolute atomic E-state index is 0.0462. The van der Waals surface area contributed by atoms with Crippen LogP contribution in [0, 0.1) is 27.7 Å². The Hall–Kier alpha value is -0.900. The molecule has 1 unspecified atom stereocenters. The molecule has 0 radical (unpaired) electrons. The van der Waals surface area contributed by atoms with Crippen molar-refractivity contribution in [3.8, 4) is 0 Å². The number of aliphatic hydroxyl groups is 2. The van der Waals surface area contributed by atoms with E-state index in [-0.39, 0.29) is 12.1 Å². The van der Waals surface area contributed by atoms with Crippen molar-refractivity contribution in [1.82, 2.24) is 5.32 Å². The topological polar surface area (TPSA) is 52.5 Å². The molecular formula is C16H27NO2. The van der Waals surface area contributed by atoms with E-state index in [1.165, 1.54) is 11.1 Å². The second kappa shape index (κ2) is 6.04. The summed E-state index contributed by atoms with van der Waals surface area (Å²) in [6.07, 6.45) is -0.551. The van der Waals surface area contributed by atoms with Gasteiger partial charge >= 0.3 is 0 Å². The molecule has 0 heterocycles. The smallest absolute Gasteiger partial charge is 0.0919 e. The Kier molecular flexibility index (Phi) is 5.13. The van der Waals surface area contributed by atoms with E-state index in [0.717, 1.165) is 16.7 Å². The lowest BCUT2D eigenvalue weighted by atomic mass is 9.90. The van der Waals surface area contributed by atoms with Gasteiger partial charge in [-0.15, -0.1) is 0 Å². The van der Waals surface area contributed by atoms with Crippen LogP contribution in [0.1, 0.15) is 47.8 Å². The minimum Gasteiger partial charge on any atom is -0.394 e. The predicted octanol–water partition coefficient (Wildman–Crippen LogP) is 2.31. The SMILES string of the molecule is Cc1cc(C)c(C)c(C(O)CNC(C)(C)CO)c1C. The summed E-state index contributed by atoms with van der Waals surface area (Å²) in [5.41, 5.74) is 5.36. The molecule has 0 saturated heterocycles. The highest BCUT2D eigenvalue weighted by Gasteiger charge is 2.20. The summed E-state index contributed by atoms with van der Waals surface area (Å²) >= 11 is 0. The molecule has 0 aromatic heterocycles. The summed E-state index contributed by atoms with van der Waals surface area (Å²) in [4.78, 5) is 0. The summed E-state index contributed by atoms with van der Waals surface area (Å²) in [5, 5.41) is 22.9. The van der Waals surface area contributed by atoms with Crippen molar-refractivity contribution in [2.75, 3.05) is 13.2 Å². The van der Waals surface area contributed by atoms with Crippen LogP contribution in [0.15, 0.2) is 6.07 Å². The Morgan fingerprint density at radius 1 is 1.11 bits per heavy atom. The van der Waals surface area contributed by atoms with Crippen LogP contribution in [0.3, 0.4) is 0 Å². The molecule has 19 heavy (non-hydrogen) atoms. The quantitative estimate of drug-likeness (QED) is 0.766. The van der Waals surface area contributed by atoms with Gasteiger partial charge in [0.1, 0.15) is 0 Å². The third-order valence-corrected chi connectivity index (χ3v) is 3.93. The molecule has 0 fully saturated rings. The van der Waals surface area contributed by atoms with Crippen molar-refractivity contribution >= 4 is 0 Å². The molecule has 1 rings (SSSR count). The van der Waals surface area contributed by atoms with Crippen LogP contribution in [-0.4, -0.2) is 28.9 Å². The molecule has 108 valence electrons. The van der Waals surface area contributed by atoms with E-state index in [9.17, 15) is 10.2 Å². The monoisotopic (exact) mass is 265 g/mol. The van der Waals surface area contributed by atoms with Crippen LogP contribution in [0.2, 0.25) is 0 Å². The van der Waals surface area contributed by atoms with Crippen molar-refractivity contribution < 1.29 is 10.2 Å². The van der Waals surface area contributed by atoms with Crippen LogP contribution in [0.4, 0.5) is 0 Å². The fourth-order valence-corrected chi connectivity index (χ4v) is 2.28. The standard InChI is InChI=1S/C16H27NO2/c1-10-7-11(2)13(4)15(12(10)3)14(19)8-17-16(5,6)9-18/h7,14,17-19H,8-9H2,1-6H3. The first-order valence-electron chi connectivity index (χ1n) is 6.81. The molecule has 0 aliphatic rings. The van der Waals surface area contributed by atoms with Crippen molar-refractivity contribution in [1.29, 1.82) is 0 Å². The van der Waals surface area contributed by atoms with Gasteiger partial charge in [0.25, 0.3) is 0 Å². The van der Waals surface area contributed by atoms with Gasteiger partial charge in [-0.1, -0.05) is 6.07 Å². The molecule has 0 amide bonds. The highest BCUT2D eigenvalue weighted by molar-refractivity contribution is 5.45. The lowest BCUT2D eigenvalue weighted by Crippen LogP contribution is -2.44. The molecular weight excluding hydrogens is 238 g/mol. The zero-order valence-corrected chi connectivity index (χ0v) is 13.0. The van der Waals surface area contributed by atoms with E-state index in [1.54, 1.807) is 0 Å². The number of aliphatic hydroxyl groups excluding tert-OH is 2. The predicted molar refractivity (Wildman–Crippen MR) is 79.5 cm³/mol. The Bertz CT molecular complexity index is 426. The van der Waals surface area contributed by atoms with E-state index < -0.39 is 6.10 Å². The van der Waals surface area contributed by atoms with Gasteiger partial charge in [0.15, 0.2) is 0 Å². The number of rotatable bonds is 5. The maximum Gasteiger partial charge on any atom is 0.0919 e. The van der Waals surface area contributed by atoms with E-state index in [1.807, 2.05) is 13.8 Å². The lowest BCUT2D eigenvalue weighted by Gasteiger charge is -2.27. The first-order valence-corrected chi connectivity index (χ1v) is 6.81. The van der Waals surface area contributed by atoms with Gasteiger partial charge in [-0.3, -0.25) is 0 Å². The number of nitrogens with one attached hydrogen (secondary N) is 1. The van der Waals surface area contributed by atoms with Crippen molar-refractivity contribution in [2.45, 2.75) is 53.2 Å². The summed E-state index contributed by atoms with van der Waals surface area (Å²) in [6.45, 7) is 12.6. The second-order valence-corrected chi connectivity index (χ2v) is 6.11. The average molecular weight is 265 g/mol. The van der Waals surface area contributed by atoms with Gasteiger partial charge in [0, 0.05) is 12.1 Å². The van der Waals surface area contributed by atoms with Crippen molar-refractivity contribution in [3.63, 3.8) is 0 Å². The highest BCUT2D eigenvalue weighted by atomic mass is 16.3. The molecule has 0 spiro atoms. The van der Waals surface area contributed by atoms with Gasteiger partial charge in [-0.05, 0) is 69.4 Å².